The van der Waals surface area contributed by atoms with Crippen LogP contribution in [0, 0.1) is 5.92 Å². The highest BCUT2D eigenvalue weighted by molar-refractivity contribution is 5.87. The number of rotatable bonds is 9. The van der Waals surface area contributed by atoms with Gasteiger partial charge < -0.3 is 29.8 Å². The van der Waals surface area contributed by atoms with E-state index in [0.717, 1.165) is 88.2 Å². The summed E-state index contributed by atoms with van der Waals surface area (Å²) in [7, 11) is 5.23. The Morgan fingerprint density at radius 1 is 0.750 bits per heavy atom. The van der Waals surface area contributed by atoms with Crippen LogP contribution in [0.4, 0.5) is 4.79 Å². The molecule has 2 aliphatic rings. The number of aromatic amines is 2. The van der Waals surface area contributed by atoms with Crippen LogP contribution in [0.15, 0.2) is 60.7 Å². The van der Waals surface area contributed by atoms with Gasteiger partial charge in [0.05, 0.1) is 47.3 Å². The molecule has 2 fully saturated rings. The van der Waals surface area contributed by atoms with Gasteiger partial charge in [-0.15, -0.1) is 0 Å². The number of fused-ring (bicyclic) bond motifs is 2. The van der Waals surface area contributed by atoms with E-state index in [2.05, 4.69) is 88.5 Å². The third-order valence-electron chi connectivity index (χ3n) is 10.6. The number of likely N-dealkylation sites (tertiary alicyclic amines) is 2. The van der Waals surface area contributed by atoms with Gasteiger partial charge in [0.2, 0.25) is 11.8 Å². The zero-order chi connectivity index (χ0) is 36.7. The zero-order valence-electron chi connectivity index (χ0n) is 30.8. The van der Waals surface area contributed by atoms with Gasteiger partial charge >= 0.3 is 6.09 Å². The first-order valence-corrected chi connectivity index (χ1v) is 18.2. The van der Waals surface area contributed by atoms with Crippen molar-refractivity contribution in [3.63, 3.8) is 0 Å². The molecule has 2 aromatic heterocycles. The van der Waals surface area contributed by atoms with Crippen LogP contribution in [-0.4, -0.2) is 98.9 Å². The van der Waals surface area contributed by atoms with E-state index in [9.17, 15) is 14.4 Å². The number of benzene rings is 3. The Morgan fingerprint density at radius 3 is 1.65 bits per heavy atom. The lowest BCUT2D eigenvalue weighted by molar-refractivity contribution is -0.138. The maximum atomic E-state index is 13.6. The Bertz CT molecular complexity index is 2090. The quantitative estimate of drug-likeness (QED) is 0.161. The van der Waals surface area contributed by atoms with Gasteiger partial charge in [-0.1, -0.05) is 50.2 Å². The molecule has 0 saturated carbocycles. The number of likely N-dealkylation sites (N-methyl/N-ethyl adjacent to an activating group) is 1. The van der Waals surface area contributed by atoms with Crippen molar-refractivity contribution in [2.75, 3.05) is 34.3 Å². The van der Waals surface area contributed by atoms with Gasteiger partial charge in [-0.3, -0.25) is 14.5 Å². The van der Waals surface area contributed by atoms with E-state index in [1.165, 1.54) is 7.11 Å². The van der Waals surface area contributed by atoms with Crippen LogP contribution < -0.4 is 5.32 Å². The molecule has 12 heteroatoms. The molecule has 0 spiro atoms. The van der Waals surface area contributed by atoms with Crippen molar-refractivity contribution in [1.82, 2.24) is 40.0 Å². The zero-order valence-corrected chi connectivity index (χ0v) is 30.8. The number of carbonyl (C=O) groups is 3. The molecule has 3 N–H and O–H groups in total. The molecule has 12 nitrogen and oxygen atoms in total. The van der Waals surface area contributed by atoms with Crippen LogP contribution in [0.5, 0.6) is 0 Å². The standard InChI is InChI=1S/C40H48N8O4/c1-23(2)35(46(4)5)39(50)48-20-8-10-34(48)37-43-30-18-16-28(22-32(30)45-37)26-13-11-25(12-14-26)27-15-17-29-31(21-27)44-36(42-29)33-9-7-19-47(33)38(49)24(3)41-40(51)52-6/h11-18,21-24,33-35H,7-10,19-20H2,1-6H3,(H,41,51)(H,42,44)(H,43,45)/t24?,33-,34-,35+/m0/s1. The SMILES string of the molecule is COC(=O)NC(C)C(=O)N1CCC[C@H]1c1nc2ccc(-c3ccc(-c4ccc5nc([C@@H]6CCCN6C(=O)[C@@H](C(C)C)N(C)C)[nH]c5c4)cc3)cc2[nH]1. The summed E-state index contributed by atoms with van der Waals surface area (Å²) in [5, 5.41) is 2.58. The topological polar surface area (TPSA) is 140 Å². The number of ether oxygens (including phenoxy) is 1. The number of nitrogens with zero attached hydrogens (tertiary/aromatic N) is 5. The fourth-order valence-corrected chi connectivity index (χ4v) is 8.04. The Kier molecular flexibility index (Phi) is 9.76. The number of amides is 3. The highest BCUT2D eigenvalue weighted by atomic mass is 16.5. The monoisotopic (exact) mass is 704 g/mol. The fourth-order valence-electron chi connectivity index (χ4n) is 8.04. The van der Waals surface area contributed by atoms with Gasteiger partial charge in [0.1, 0.15) is 17.7 Å². The summed E-state index contributed by atoms with van der Waals surface area (Å²) in [6, 6.07) is 19.9. The fraction of sp³-hybridized carbons (Fsp3) is 0.425. The van der Waals surface area contributed by atoms with Crippen molar-refractivity contribution in [3.05, 3.63) is 72.3 Å². The lowest BCUT2D eigenvalue weighted by Crippen LogP contribution is -2.48. The van der Waals surface area contributed by atoms with Crippen LogP contribution in [0.3, 0.4) is 0 Å². The second kappa shape index (κ2) is 14.4. The summed E-state index contributed by atoms with van der Waals surface area (Å²) in [5.74, 6) is 1.83. The van der Waals surface area contributed by atoms with Crippen LogP contribution >= 0.6 is 0 Å². The first-order chi connectivity index (χ1) is 25.0. The number of methoxy groups -OCH3 is 1. The second-order valence-corrected chi connectivity index (χ2v) is 14.7. The number of aromatic nitrogens is 4. The number of H-pyrrole nitrogens is 2. The molecule has 4 atom stereocenters. The molecule has 4 heterocycles. The van der Waals surface area contributed by atoms with Crippen LogP contribution in [0.2, 0.25) is 0 Å². The Morgan fingerprint density at radius 2 is 1.21 bits per heavy atom. The number of carbonyl (C=O) groups excluding carboxylic acids is 3. The minimum absolute atomic E-state index is 0.0502. The lowest BCUT2D eigenvalue weighted by Gasteiger charge is -2.33. The van der Waals surface area contributed by atoms with Gasteiger partial charge in [-0.2, -0.15) is 0 Å². The van der Waals surface area contributed by atoms with Gasteiger partial charge in [0.25, 0.3) is 0 Å². The van der Waals surface area contributed by atoms with E-state index in [-0.39, 0.29) is 35.9 Å². The molecule has 52 heavy (non-hydrogen) atoms. The molecule has 7 rings (SSSR count). The Balaban J connectivity index is 1.07. The molecule has 0 aliphatic carbocycles. The summed E-state index contributed by atoms with van der Waals surface area (Å²) < 4.78 is 4.66. The highest BCUT2D eigenvalue weighted by Crippen LogP contribution is 2.36. The summed E-state index contributed by atoms with van der Waals surface area (Å²) >= 11 is 0. The van der Waals surface area contributed by atoms with Crippen molar-refractivity contribution in [2.45, 2.75) is 70.6 Å². The molecule has 0 radical (unpaired) electrons. The normalized spacial score (nSPS) is 18.8. The average Bonchev–Trinajstić information content (AvgIpc) is 3.95. The van der Waals surface area contributed by atoms with E-state index in [0.29, 0.717) is 6.54 Å². The molecule has 3 aromatic carbocycles. The first kappa shape index (κ1) is 35.2. The van der Waals surface area contributed by atoms with Crippen LogP contribution in [0.25, 0.3) is 44.3 Å². The number of hydrogen-bond acceptors (Lipinski definition) is 7. The Labute approximate surface area is 303 Å². The average molecular weight is 705 g/mol. The summed E-state index contributed by atoms with van der Waals surface area (Å²) in [6.07, 6.45) is 2.90. The van der Waals surface area contributed by atoms with E-state index >= 15 is 0 Å². The minimum Gasteiger partial charge on any atom is -0.453 e. The lowest BCUT2D eigenvalue weighted by atomic mass is 10.00. The first-order valence-electron chi connectivity index (χ1n) is 18.2. The van der Waals surface area contributed by atoms with Crippen molar-refractivity contribution in [1.29, 1.82) is 0 Å². The largest absolute Gasteiger partial charge is 0.453 e. The van der Waals surface area contributed by atoms with Gasteiger partial charge in [-0.05, 0) is 99.1 Å². The van der Waals surface area contributed by atoms with Gasteiger partial charge in [-0.25, -0.2) is 14.8 Å². The molecular formula is C40H48N8O4. The van der Waals surface area contributed by atoms with Crippen molar-refractivity contribution >= 4 is 40.0 Å². The van der Waals surface area contributed by atoms with Crippen LogP contribution in [-0.2, 0) is 14.3 Å². The van der Waals surface area contributed by atoms with E-state index < -0.39 is 12.1 Å². The Hall–Kier alpha value is -5.23. The number of imidazole rings is 2. The minimum atomic E-state index is -0.698. The molecule has 2 saturated heterocycles. The smallest absolute Gasteiger partial charge is 0.407 e. The molecular weight excluding hydrogens is 656 g/mol. The summed E-state index contributed by atoms with van der Waals surface area (Å²) in [6.45, 7) is 7.23. The maximum Gasteiger partial charge on any atom is 0.407 e. The number of alkyl carbamates (subject to hydrolysis) is 1. The predicted molar refractivity (Wildman–Crippen MR) is 201 cm³/mol. The van der Waals surface area contributed by atoms with Crippen molar-refractivity contribution < 1.29 is 19.1 Å². The third-order valence-corrected chi connectivity index (χ3v) is 10.6. The molecule has 2 aliphatic heterocycles. The van der Waals surface area contributed by atoms with E-state index in [4.69, 9.17) is 9.97 Å². The van der Waals surface area contributed by atoms with Gasteiger partial charge in [0.15, 0.2) is 0 Å². The molecule has 272 valence electrons. The van der Waals surface area contributed by atoms with Crippen LogP contribution in [0.1, 0.15) is 70.2 Å². The molecule has 0 bridgehead atoms. The maximum absolute atomic E-state index is 13.6. The molecule has 5 aromatic rings. The molecule has 1 unspecified atom stereocenters. The predicted octanol–water partition coefficient (Wildman–Crippen LogP) is 6.43. The molecule has 3 amide bonds. The van der Waals surface area contributed by atoms with Gasteiger partial charge in [0, 0.05) is 13.1 Å². The highest BCUT2D eigenvalue weighted by Gasteiger charge is 2.38. The summed E-state index contributed by atoms with van der Waals surface area (Å²) in [5.41, 5.74) is 7.91. The van der Waals surface area contributed by atoms with E-state index in [1.54, 1.807) is 11.8 Å². The summed E-state index contributed by atoms with van der Waals surface area (Å²) in [4.78, 5) is 61.1. The number of nitrogens with one attached hydrogen (secondary N) is 3. The number of hydrogen-bond donors (Lipinski definition) is 3. The second-order valence-electron chi connectivity index (χ2n) is 14.7. The van der Waals surface area contributed by atoms with E-state index in [1.807, 2.05) is 30.0 Å². The van der Waals surface area contributed by atoms with Crippen molar-refractivity contribution in [2.24, 2.45) is 5.92 Å². The van der Waals surface area contributed by atoms with Crippen molar-refractivity contribution in [3.8, 4) is 22.3 Å². The third kappa shape index (κ3) is 6.74.